The molecular weight excluding hydrogens is 339 g/mol. The number of aryl methyl sites for hydroxylation is 1. The smallest absolute Gasteiger partial charge is 0.265 e. The number of aromatic nitrogens is 4. The number of hydrogen-bond acceptors (Lipinski definition) is 5. The number of aromatic amines is 1. The molecule has 0 radical (unpaired) electrons. The molecule has 7 heteroatoms. The molecule has 5 nitrogen and oxygen atoms in total. The van der Waals surface area contributed by atoms with Gasteiger partial charge in [0.25, 0.3) is 5.56 Å². The number of hydrogen-bond donors (Lipinski definition) is 1. The molecule has 0 unspecified atom stereocenters. The van der Waals surface area contributed by atoms with Crippen LogP contribution in [0.3, 0.4) is 0 Å². The van der Waals surface area contributed by atoms with Crippen molar-refractivity contribution in [2.24, 2.45) is 0 Å². The van der Waals surface area contributed by atoms with E-state index in [1.165, 1.54) is 18.1 Å². The minimum absolute atomic E-state index is 0.148. The molecule has 1 N–H and O–H groups in total. The van der Waals surface area contributed by atoms with E-state index in [2.05, 4.69) is 19.9 Å². The van der Waals surface area contributed by atoms with Crippen LogP contribution in [0.25, 0.3) is 0 Å². The third-order valence-corrected chi connectivity index (χ3v) is 3.97. The lowest BCUT2D eigenvalue weighted by Gasteiger charge is -2.00. The van der Waals surface area contributed by atoms with E-state index < -0.39 is 0 Å². The van der Waals surface area contributed by atoms with Crippen LogP contribution in [-0.2, 0) is 0 Å². The summed E-state index contributed by atoms with van der Waals surface area (Å²) in [5.41, 5.74) is 0.850. The Hall–Kier alpha value is -0.960. The van der Waals surface area contributed by atoms with Crippen LogP contribution in [0.1, 0.15) is 5.56 Å². The van der Waals surface area contributed by atoms with Gasteiger partial charge in [0.05, 0.1) is 6.33 Å². The van der Waals surface area contributed by atoms with Crippen LogP contribution in [-0.4, -0.2) is 19.9 Å². The lowest BCUT2D eigenvalue weighted by atomic mass is 10.4. The molecule has 0 spiro atoms. The van der Waals surface area contributed by atoms with Crippen LogP contribution >= 0.6 is 34.4 Å². The molecule has 2 aromatic rings. The minimum atomic E-state index is -0.148. The van der Waals surface area contributed by atoms with Crippen molar-refractivity contribution in [3.63, 3.8) is 0 Å². The molecule has 0 saturated carbocycles. The van der Waals surface area contributed by atoms with Crippen molar-refractivity contribution in [1.82, 2.24) is 19.9 Å². The Balaban J connectivity index is 2.30. The van der Waals surface area contributed by atoms with Gasteiger partial charge in [-0.15, -0.1) is 0 Å². The van der Waals surface area contributed by atoms with E-state index >= 15 is 0 Å². The van der Waals surface area contributed by atoms with Gasteiger partial charge in [0.15, 0.2) is 5.16 Å². The number of nitrogens with one attached hydrogen (secondary N) is 1. The second-order valence-corrected chi connectivity index (χ2v) is 5.03. The Morgan fingerprint density at radius 3 is 2.69 bits per heavy atom. The molecule has 0 amide bonds. The van der Waals surface area contributed by atoms with Gasteiger partial charge in [0.1, 0.15) is 8.60 Å². The van der Waals surface area contributed by atoms with E-state index in [1.54, 1.807) is 12.4 Å². The fourth-order valence-electron chi connectivity index (χ4n) is 0.958. The number of H-pyrrole nitrogens is 1. The lowest BCUT2D eigenvalue weighted by molar-refractivity contribution is 0.932. The second kappa shape index (κ2) is 4.91. The molecule has 0 aromatic carbocycles. The third-order valence-electron chi connectivity index (χ3n) is 1.71. The molecule has 0 aliphatic carbocycles. The SMILES string of the molecule is Cc1cnc(Sc2nc[nH]c(=O)c2I)nc1. The Bertz CT molecular complexity index is 554. The largest absolute Gasteiger partial charge is 0.312 e. The van der Waals surface area contributed by atoms with Crippen LogP contribution < -0.4 is 5.56 Å². The Morgan fingerprint density at radius 2 is 2.00 bits per heavy atom. The van der Waals surface area contributed by atoms with Gasteiger partial charge in [-0.05, 0) is 46.8 Å². The summed E-state index contributed by atoms with van der Waals surface area (Å²) in [6.45, 7) is 1.92. The van der Waals surface area contributed by atoms with E-state index in [1.807, 2.05) is 29.5 Å². The summed E-state index contributed by atoms with van der Waals surface area (Å²) in [5.74, 6) is 0. The quantitative estimate of drug-likeness (QED) is 0.508. The van der Waals surface area contributed by atoms with Gasteiger partial charge in [-0.1, -0.05) is 0 Å². The number of rotatable bonds is 2. The molecule has 2 rings (SSSR count). The molecule has 0 fully saturated rings. The van der Waals surface area contributed by atoms with Gasteiger partial charge < -0.3 is 4.98 Å². The van der Waals surface area contributed by atoms with Gasteiger partial charge >= 0.3 is 0 Å². The molecule has 0 saturated heterocycles. The highest BCUT2D eigenvalue weighted by Gasteiger charge is 2.08. The predicted molar refractivity (Wildman–Crippen MR) is 68.5 cm³/mol. The van der Waals surface area contributed by atoms with Gasteiger partial charge in [-0.2, -0.15) is 0 Å². The monoisotopic (exact) mass is 346 g/mol. The molecule has 2 heterocycles. The van der Waals surface area contributed by atoms with E-state index in [0.717, 1.165) is 5.56 Å². The maximum Gasteiger partial charge on any atom is 0.265 e. The van der Waals surface area contributed by atoms with Gasteiger partial charge in [0.2, 0.25) is 0 Å². The zero-order valence-corrected chi connectivity index (χ0v) is 11.2. The maximum absolute atomic E-state index is 11.3. The van der Waals surface area contributed by atoms with E-state index in [0.29, 0.717) is 13.8 Å². The Morgan fingerprint density at radius 1 is 1.31 bits per heavy atom. The van der Waals surface area contributed by atoms with Crippen LogP contribution in [0.4, 0.5) is 0 Å². The fraction of sp³-hybridized carbons (Fsp3) is 0.111. The first-order valence-corrected chi connectivity index (χ1v) is 6.26. The molecular formula is C9H7IN4OS. The highest BCUT2D eigenvalue weighted by Crippen LogP contribution is 2.24. The standard InChI is InChI=1S/C9H7IN4OS/c1-5-2-11-9(12-3-5)16-8-6(10)7(15)13-4-14-8/h2-4H,1H3,(H,13,14,15). The molecule has 2 aromatic heterocycles. The molecule has 0 aliphatic heterocycles. The van der Waals surface area contributed by atoms with Crippen LogP contribution in [0, 0.1) is 10.5 Å². The summed E-state index contributed by atoms with van der Waals surface area (Å²) in [5, 5.41) is 1.20. The molecule has 0 atom stereocenters. The van der Waals surface area contributed by atoms with Crippen molar-refractivity contribution in [1.29, 1.82) is 0 Å². The van der Waals surface area contributed by atoms with Crippen molar-refractivity contribution in [3.8, 4) is 0 Å². The Kier molecular flexibility index (Phi) is 3.54. The minimum Gasteiger partial charge on any atom is -0.312 e. The van der Waals surface area contributed by atoms with E-state index in [9.17, 15) is 4.79 Å². The summed E-state index contributed by atoms with van der Waals surface area (Å²) in [7, 11) is 0. The maximum atomic E-state index is 11.3. The third kappa shape index (κ3) is 2.59. The summed E-state index contributed by atoms with van der Waals surface area (Å²) in [4.78, 5) is 26.2. The molecule has 0 bridgehead atoms. The highest BCUT2D eigenvalue weighted by atomic mass is 127. The number of halogens is 1. The summed E-state index contributed by atoms with van der Waals surface area (Å²) in [6.07, 6.45) is 4.84. The van der Waals surface area contributed by atoms with Crippen LogP contribution in [0.15, 0.2) is 33.7 Å². The van der Waals surface area contributed by atoms with Crippen LogP contribution in [0.5, 0.6) is 0 Å². The topological polar surface area (TPSA) is 71.5 Å². The van der Waals surface area contributed by atoms with Crippen molar-refractivity contribution >= 4 is 34.4 Å². The molecule has 16 heavy (non-hydrogen) atoms. The van der Waals surface area contributed by atoms with E-state index in [-0.39, 0.29) is 5.56 Å². The average Bonchev–Trinajstić information content (AvgIpc) is 2.28. The zero-order chi connectivity index (χ0) is 11.5. The first-order valence-electron chi connectivity index (χ1n) is 4.36. The van der Waals surface area contributed by atoms with Crippen LogP contribution in [0.2, 0.25) is 0 Å². The number of nitrogens with zero attached hydrogens (tertiary/aromatic N) is 3. The summed E-state index contributed by atoms with van der Waals surface area (Å²) in [6, 6.07) is 0. The molecule has 82 valence electrons. The van der Waals surface area contributed by atoms with Crippen molar-refractivity contribution in [2.45, 2.75) is 17.1 Å². The fourth-order valence-corrected chi connectivity index (χ4v) is 2.25. The Labute approximate surface area is 109 Å². The zero-order valence-electron chi connectivity index (χ0n) is 8.27. The normalized spacial score (nSPS) is 10.4. The van der Waals surface area contributed by atoms with Gasteiger partial charge in [0, 0.05) is 12.4 Å². The first kappa shape index (κ1) is 11.5. The van der Waals surface area contributed by atoms with Gasteiger partial charge in [-0.3, -0.25) is 4.79 Å². The van der Waals surface area contributed by atoms with Crippen molar-refractivity contribution in [2.75, 3.05) is 0 Å². The highest BCUT2D eigenvalue weighted by molar-refractivity contribution is 14.1. The summed E-state index contributed by atoms with van der Waals surface area (Å²) < 4.78 is 0.550. The molecule has 0 aliphatic rings. The second-order valence-electron chi connectivity index (χ2n) is 3.00. The van der Waals surface area contributed by atoms with E-state index in [4.69, 9.17) is 0 Å². The van der Waals surface area contributed by atoms with Crippen molar-refractivity contribution < 1.29 is 0 Å². The first-order chi connectivity index (χ1) is 7.66. The summed E-state index contributed by atoms with van der Waals surface area (Å²) >= 11 is 3.23. The predicted octanol–water partition coefficient (Wildman–Crippen LogP) is 1.62. The average molecular weight is 346 g/mol. The van der Waals surface area contributed by atoms with Crippen molar-refractivity contribution in [3.05, 3.63) is 38.2 Å². The lowest BCUT2D eigenvalue weighted by Crippen LogP contribution is -2.11. The van der Waals surface area contributed by atoms with Gasteiger partial charge in [-0.25, -0.2) is 15.0 Å².